The Labute approximate surface area is 171 Å². The average Bonchev–Trinajstić information content (AvgIpc) is 3.10. The predicted octanol–water partition coefficient (Wildman–Crippen LogP) is 4.76. The van der Waals surface area contributed by atoms with Crippen molar-refractivity contribution in [2.45, 2.75) is 59.7 Å². The second kappa shape index (κ2) is 10.4. The first-order valence-corrected chi connectivity index (χ1v) is 10.5. The van der Waals surface area contributed by atoms with Crippen LogP contribution in [-0.4, -0.2) is 34.2 Å². The topological polar surface area (TPSA) is 40.6 Å². The van der Waals surface area contributed by atoms with Gasteiger partial charge in [-0.2, -0.15) is 0 Å². The van der Waals surface area contributed by atoms with Gasteiger partial charge < -0.3 is 9.80 Å². The highest BCUT2D eigenvalue weighted by Gasteiger charge is 2.24. The molecule has 28 heavy (non-hydrogen) atoms. The van der Waals surface area contributed by atoms with E-state index in [2.05, 4.69) is 0 Å². The van der Waals surface area contributed by atoms with Crippen LogP contribution in [0, 0.1) is 12.7 Å². The third kappa shape index (κ3) is 6.16. The predicted molar refractivity (Wildman–Crippen MR) is 111 cm³/mol. The van der Waals surface area contributed by atoms with Crippen molar-refractivity contribution < 1.29 is 14.0 Å². The Bertz CT molecular complexity index is 788. The molecule has 0 aliphatic heterocycles. The van der Waals surface area contributed by atoms with Crippen LogP contribution >= 0.6 is 11.3 Å². The average molecular weight is 405 g/mol. The maximum absolute atomic E-state index is 13.2. The van der Waals surface area contributed by atoms with Crippen LogP contribution in [0.2, 0.25) is 0 Å². The number of carbonyl (C=O) groups excluding carboxylic acids is 2. The molecule has 0 aliphatic carbocycles. The Balaban J connectivity index is 2.21. The molecule has 2 rings (SSSR count). The molecule has 2 aromatic rings. The van der Waals surface area contributed by atoms with Gasteiger partial charge in [0.25, 0.3) is 0 Å². The number of carbonyl (C=O) groups is 2. The summed E-state index contributed by atoms with van der Waals surface area (Å²) < 4.78 is 13.2. The molecular weight excluding hydrogens is 375 g/mol. The molecule has 152 valence electrons. The van der Waals surface area contributed by atoms with Crippen molar-refractivity contribution in [1.82, 2.24) is 9.80 Å². The Morgan fingerprint density at radius 2 is 1.71 bits per heavy atom. The van der Waals surface area contributed by atoms with Gasteiger partial charge in [-0.05, 0) is 50.1 Å². The maximum Gasteiger partial charge on any atom is 0.242 e. The van der Waals surface area contributed by atoms with Crippen molar-refractivity contribution in [1.29, 1.82) is 0 Å². The lowest BCUT2D eigenvalue weighted by Crippen LogP contribution is -2.46. The van der Waals surface area contributed by atoms with Gasteiger partial charge in [0.1, 0.15) is 12.4 Å². The third-order valence-electron chi connectivity index (χ3n) is 4.83. The van der Waals surface area contributed by atoms with E-state index in [9.17, 15) is 14.0 Å². The first-order valence-electron chi connectivity index (χ1n) is 9.71. The van der Waals surface area contributed by atoms with E-state index in [0.29, 0.717) is 19.5 Å². The lowest BCUT2D eigenvalue weighted by Gasteiger charge is -2.31. The summed E-state index contributed by atoms with van der Waals surface area (Å²) >= 11 is 1.65. The molecule has 0 aliphatic rings. The SMILES string of the molecule is CCC(=O)N(CC(=O)N(Cc1ccc(F)cc1)Cc1ccc(C)s1)[C@H](C)CC. The number of amides is 2. The zero-order valence-electron chi connectivity index (χ0n) is 17.1. The van der Waals surface area contributed by atoms with E-state index in [0.717, 1.165) is 16.9 Å². The van der Waals surface area contributed by atoms with E-state index in [-0.39, 0.29) is 30.2 Å². The number of benzene rings is 1. The minimum absolute atomic E-state index is 0.00746. The summed E-state index contributed by atoms with van der Waals surface area (Å²) in [5, 5.41) is 0. The molecule has 0 unspecified atom stereocenters. The minimum Gasteiger partial charge on any atom is -0.332 e. The van der Waals surface area contributed by atoms with Gasteiger partial charge >= 0.3 is 0 Å². The summed E-state index contributed by atoms with van der Waals surface area (Å²) in [7, 11) is 0. The fraction of sp³-hybridized carbons (Fsp3) is 0.455. The Hall–Kier alpha value is -2.21. The third-order valence-corrected chi connectivity index (χ3v) is 5.82. The van der Waals surface area contributed by atoms with Crippen molar-refractivity contribution in [3.05, 3.63) is 57.5 Å². The number of hydrogen-bond donors (Lipinski definition) is 0. The molecule has 2 amide bonds. The second-order valence-corrected chi connectivity index (χ2v) is 8.39. The lowest BCUT2D eigenvalue weighted by atomic mass is 10.2. The van der Waals surface area contributed by atoms with Gasteiger partial charge in [0.2, 0.25) is 11.8 Å². The molecule has 1 atom stereocenters. The molecule has 0 saturated carbocycles. The van der Waals surface area contributed by atoms with Gasteiger partial charge in [-0.25, -0.2) is 4.39 Å². The molecule has 0 bridgehead atoms. The van der Waals surface area contributed by atoms with E-state index >= 15 is 0 Å². The molecule has 0 spiro atoms. The minimum atomic E-state index is -0.299. The number of nitrogens with zero attached hydrogens (tertiary/aromatic N) is 2. The normalized spacial score (nSPS) is 11.9. The van der Waals surface area contributed by atoms with Crippen LogP contribution in [0.15, 0.2) is 36.4 Å². The molecule has 1 aromatic heterocycles. The Morgan fingerprint density at radius 1 is 1.04 bits per heavy atom. The fourth-order valence-corrected chi connectivity index (χ4v) is 3.87. The highest BCUT2D eigenvalue weighted by molar-refractivity contribution is 7.11. The van der Waals surface area contributed by atoms with Crippen LogP contribution in [0.1, 0.15) is 48.9 Å². The largest absolute Gasteiger partial charge is 0.332 e. The van der Waals surface area contributed by atoms with Gasteiger partial charge in [0.15, 0.2) is 0 Å². The van der Waals surface area contributed by atoms with Crippen LogP contribution in [0.25, 0.3) is 0 Å². The van der Waals surface area contributed by atoms with Gasteiger partial charge in [-0.15, -0.1) is 11.3 Å². The van der Waals surface area contributed by atoms with Crippen LogP contribution in [-0.2, 0) is 22.7 Å². The zero-order valence-corrected chi connectivity index (χ0v) is 17.9. The standard InChI is InChI=1S/C22H29FN2O2S/c1-5-16(3)25(21(26)6-2)15-22(27)24(14-20-12-7-17(4)28-20)13-18-8-10-19(23)11-9-18/h7-12,16H,5-6,13-15H2,1-4H3/t16-/m1/s1. The fourth-order valence-electron chi connectivity index (χ4n) is 2.96. The molecule has 6 heteroatoms. The molecule has 1 heterocycles. The number of hydrogen-bond acceptors (Lipinski definition) is 3. The molecule has 1 aromatic carbocycles. The molecule has 0 radical (unpaired) electrons. The van der Waals surface area contributed by atoms with Crippen LogP contribution in [0.4, 0.5) is 4.39 Å². The van der Waals surface area contributed by atoms with Crippen LogP contribution < -0.4 is 0 Å². The van der Waals surface area contributed by atoms with Crippen molar-refractivity contribution >= 4 is 23.2 Å². The molecule has 4 nitrogen and oxygen atoms in total. The summed E-state index contributed by atoms with van der Waals surface area (Å²) in [5.74, 6) is -0.416. The summed E-state index contributed by atoms with van der Waals surface area (Å²) in [6, 6.07) is 10.3. The van der Waals surface area contributed by atoms with Gasteiger partial charge in [0.05, 0.1) is 6.54 Å². The Kier molecular flexibility index (Phi) is 8.18. The quantitative estimate of drug-likeness (QED) is 0.604. The van der Waals surface area contributed by atoms with Crippen molar-refractivity contribution in [3.8, 4) is 0 Å². The van der Waals surface area contributed by atoms with Crippen molar-refractivity contribution in [2.75, 3.05) is 6.54 Å². The van der Waals surface area contributed by atoms with Crippen LogP contribution in [0.3, 0.4) is 0 Å². The highest BCUT2D eigenvalue weighted by atomic mass is 32.1. The molecule has 0 saturated heterocycles. The van der Waals surface area contributed by atoms with E-state index in [1.807, 2.05) is 39.8 Å². The van der Waals surface area contributed by atoms with E-state index in [1.165, 1.54) is 17.0 Å². The Morgan fingerprint density at radius 3 is 2.25 bits per heavy atom. The molecular formula is C22H29FN2O2S. The lowest BCUT2D eigenvalue weighted by molar-refractivity contribution is -0.142. The first kappa shape index (κ1) is 22.1. The van der Waals surface area contributed by atoms with E-state index in [4.69, 9.17) is 0 Å². The summed E-state index contributed by atoms with van der Waals surface area (Å²) in [6.07, 6.45) is 1.17. The van der Waals surface area contributed by atoms with Gasteiger partial charge in [-0.3, -0.25) is 9.59 Å². The monoisotopic (exact) mass is 404 g/mol. The summed E-state index contributed by atoms with van der Waals surface area (Å²) in [6.45, 7) is 8.74. The van der Waals surface area contributed by atoms with Gasteiger partial charge in [-0.1, -0.05) is 26.0 Å². The maximum atomic E-state index is 13.2. The summed E-state index contributed by atoms with van der Waals surface area (Å²) in [5.41, 5.74) is 0.861. The second-order valence-electron chi connectivity index (χ2n) is 7.02. The van der Waals surface area contributed by atoms with E-state index in [1.54, 1.807) is 33.3 Å². The molecule has 0 fully saturated rings. The van der Waals surface area contributed by atoms with E-state index < -0.39 is 0 Å². The zero-order chi connectivity index (χ0) is 20.7. The number of rotatable bonds is 9. The number of thiophene rings is 1. The van der Waals surface area contributed by atoms with Gasteiger partial charge in [0, 0.05) is 28.8 Å². The molecule has 0 N–H and O–H groups in total. The van der Waals surface area contributed by atoms with Crippen molar-refractivity contribution in [3.63, 3.8) is 0 Å². The summed E-state index contributed by atoms with van der Waals surface area (Å²) in [4.78, 5) is 31.2. The smallest absolute Gasteiger partial charge is 0.242 e. The highest BCUT2D eigenvalue weighted by Crippen LogP contribution is 2.19. The number of aryl methyl sites for hydroxylation is 1. The number of halogens is 1. The van der Waals surface area contributed by atoms with Crippen LogP contribution in [0.5, 0.6) is 0 Å². The van der Waals surface area contributed by atoms with Crippen molar-refractivity contribution in [2.24, 2.45) is 0 Å². The first-order chi connectivity index (χ1) is 13.3.